The van der Waals surface area contributed by atoms with Crippen molar-refractivity contribution in [3.05, 3.63) is 70.5 Å². The first kappa shape index (κ1) is 24.8. The highest BCUT2D eigenvalue weighted by Gasteiger charge is 2.25. The Labute approximate surface area is 201 Å². The van der Waals surface area contributed by atoms with Crippen LogP contribution in [-0.2, 0) is 11.2 Å². The van der Waals surface area contributed by atoms with Crippen LogP contribution in [0.3, 0.4) is 0 Å². The van der Waals surface area contributed by atoms with Gasteiger partial charge < -0.3 is 9.47 Å². The summed E-state index contributed by atoms with van der Waals surface area (Å²) in [5, 5.41) is 0. The molecule has 2 aromatic rings. The van der Waals surface area contributed by atoms with Gasteiger partial charge in [-0.25, -0.2) is 13.2 Å². The molecule has 2 aliphatic carbocycles. The SMILES string of the molecule is CCOc1ccc(C2CCC(CCc3ccc(C4=CCC(OC)CC4)c(F)c3F)CC2)cc1F. The van der Waals surface area contributed by atoms with Crippen molar-refractivity contribution in [2.24, 2.45) is 5.92 Å². The van der Waals surface area contributed by atoms with Gasteiger partial charge in [0.15, 0.2) is 23.2 Å². The third kappa shape index (κ3) is 5.68. The van der Waals surface area contributed by atoms with Crippen molar-refractivity contribution in [3.8, 4) is 5.75 Å². The van der Waals surface area contributed by atoms with Gasteiger partial charge in [-0.3, -0.25) is 0 Å². The second kappa shape index (κ2) is 11.4. The highest BCUT2D eigenvalue weighted by Crippen LogP contribution is 2.39. The summed E-state index contributed by atoms with van der Waals surface area (Å²) in [6, 6.07) is 8.79. The van der Waals surface area contributed by atoms with E-state index in [1.807, 2.05) is 19.1 Å². The molecule has 0 bridgehead atoms. The maximum absolute atomic E-state index is 14.9. The standard InChI is InChI=1S/C29H35F3O2/c1-3-34-27-17-13-23(18-26(27)30)20-7-4-19(5-8-20)6-9-22-12-16-25(29(32)28(22)31)21-10-14-24(33-2)15-11-21/h10,12-13,16-20,24H,3-9,11,14-15H2,1-2H3. The molecule has 5 heteroatoms. The summed E-state index contributed by atoms with van der Waals surface area (Å²) in [5.74, 6) is -0.593. The number of aryl methyl sites for hydroxylation is 1. The van der Waals surface area contributed by atoms with Crippen LogP contribution in [0.5, 0.6) is 5.75 Å². The minimum absolute atomic E-state index is 0.166. The van der Waals surface area contributed by atoms with E-state index in [1.54, 1.807) is 31.4 Å². The molecule has 0 aromatic heterocycles. The van der Waals surface area contributed by atoms with Crippen LogP contribution < -0.4 is 4.74 Å². The van der Waals surface area contributed by atoms with Crippen LogP contribution in [0.25, 0.3) is 5.57 Å². The Balaban J connectivity index is 1.31. The summed E-state index contributed by atoms with van der Waals surface area (Å²) in [4.78, 5) is 0. The quantitative estimate of drug-likeness (QED) is 0.388. The summed E-state index contributed by atoms with van der Waals surface area (Å²) in [5.41, 5.74) is 2.75. The van der Waals surface area contributed by atoms with Gasteiger partial charge in [0.1, 0.15) is 0 Å². The van der Waals surface area contributed by atoms with Gasteiger partial charge in [-0.05, 0) is 105 Å². The van der Waals surface area contributed by atoms with Crippen LogP contribution in [0.2, 0.25) is 0 Å². The molecule has 0 radical (unpaired) electrons. The largest absolute Gasteiger partial charge is 0.491 e. The second-order valence-electron chi connectivity index (χ2n) is 9.64. The van der Waals surface area contributed by atoms with Gasteiger partial charge in [-0.2, -0.15) is 0 Å². The van der Waals surface area contributed by atoms with Crippen LogP contribution >= 0.6 is 0 Å². The minimum Gasteiger partial charge on any atom is -0.491 e. The molecule has 34 heavy (non-hydrogen) atoms. The minimum atomic E-state index is -0.721. The molecule has 184 valence electrons. The zero-order valence-corrected chi connectivity index (χ0v) is 20.2. The average Bonchev–Trinajstić information content (AvgIpc) is 2.87. The molecule has 0 saturated heterocycles. The Morgan fingerprint density at radius 2 is 1.74 bits per heavy atom. The molecule has 0 heterocycles. The zero-order chi connectivity index (χ0) is 24.1. The van der Waals surface area contributed by atoms with Crippen molar-refractivity contribution in [2.75, 3.05) is 13.7 Å². The van der Waals surface area contributed by atoms with Crippen LogP contribution in [0, 0.1) is 23.4 Å². The monoisotopic (exact) mass is 472 g/mol. The van der Waals surface area contributed by atoms with Crippen molar-refractivity contribution < 1.29 is 22.6 Å². The normalized spacial score (nSPS) is 23.0. The maximum Gasteiger partial charge on any atom is 0.166 e. The van der Waals surface area contributed by atoms with E-state index in [4.69, 9.17) is 9.47 Å². The molecule has 0 aliphatic heterocycles. The summed E-state index contributed by atoms with van der Waals surface area (Å²) >= 11 is 0. The number of rotatable bonds is 8. The fourth-order valence-electron chi connectivity index (χ4n) is 5.49. The van der Waals surface area contributed by atoms with Gasteiger partial charge in [-0.15, -0.1) is 0 Å². The molecule has 2 nitrogen and oxygen atoms in total. The van der Waals surface area contributed by atoms with E-state index in [2.05, 4.69) is 0 Å². The smallest absolute Gasteiger partial charge is 0.166 e. The number of methoxy groups -OCH3 is 1. The predicted molar refractivity (Wildman–Crippen MR) is 130 cm³/mol. The Hall–Kier alpha value is -2.27. The molecule has 2 aliphatic rings. The maximum atomic E-state index is 14.9. The average molecular weight is 473 g/mol. The fourth-order valence-corrected chi connectivity index (χ4v) is 5.49. The van der Waals surface area contributed by atoms with E-state index >= 15 is 0 Å². The molecular weight excluding hydrogens is 437 g/mol. The highest BCUT2D eigenvalue weighted by atomic mass is 19.2. The van der Waals surface area contributed by atoms with E-state index in [0.29, 0.717) is 48.2 Å². The summed E-state index contributed by atoms with van der Waals surface area (Å²) in [6.07, 6.45) is 9.83. The third-order valence-electron chi connectivity index (χ3n) is 7.60. The zero-order valence-electron chi connectivity index (χ0n) is 20.2. The number of allylic oxidation sites excluding steroid dienone is 1. The Morgan fingerprint density at radius 1 is 0.941 bits per heavy atom. The third-order valence-corrected chi connectivity index (χ3v) is 7.60. The van der Waals surface area contributed by atoms with E-state index in [-0.39, 0.29) is 11.9 Å². The van der Waals surface area contributed by atoms with Gasteiger partial charge in [0.25, 0.3) is 0 Å². The van der Waals surface area contributed by atoms with Crippen LogP contribution in [-0.4, -0.2) is 19.8 Å². The lowest BCUT2D eigenvalue weighted by molar-refractivity contribution is 0.0964. The Morgan fingerprint density at radius 3 is 2.38 bits per heavy atom. The first-order valence-electron chi connectivity index (χ1n) is 12.6. The van der Waals surface area contributed by atoms with E-state index < -0.39 is 11.6 Å². The van der Waals surface area contributed by atoms with E-state index in [1.165, 1.54) is 0 Å². The molecule has 1 atom stereocenters. The molecule has 1 unspecified atom stereocenters. The lowest BCUT2D eigenvalue weighted by Crippen LogP contribution is -2.15. The second-order valence-corrected chi connectivity index (χ2v) is 9.64. The predicted octanol–water partition coefficient (Wildman–Crippen LogP) is 7.99. The number of benzene rings is 2. The van der Waals surface area contributed by atoms with Crippen LogP contribution in [0.4, 0.5) is 13.2 Å². The first-order chi connectivity index (χ1) is 16.5. The fraction of sp³-hybridized carbons (Fsp3) is 0.517. The van der Waals surface area contributed by atoms with Crippen molar-refractivity contribution in [1.29, 1.82) is 0 Å². The van der Waals surface area contributed by atoms with Gasteiger partial charge >= 0.3 is 0 Å². The number of ether oxygens (including phenoxy) is 2. The summed E-state index contributed by atoms with van der Waals surface area (Å²) < 4.78 is 54.6. The first-order valence-corrected chi connectivity index (χ1v) is 12.6. The van der Waals surface area contributed by atoms with Crippen molar-refractivity contribution >= 4 is 5.57 Å². The molecule has 2 aromatic carbocycles. The van der Waals surface area contributed by atoms with Gasteiger partial charge in [0.05, 0.1) is 12.7 Å². The summed E-state index contributed by atoms with van der Waals surface area (Å²) in [6.45, 7) is 2.29. The Kier molecular flexibility index (Phi) is 8.36. The topological polar surface area (TPSA) is 18.5 Å². The van der Waals surface area contributed by atoms with Crippen molar-refractivity contribution in [1.82, 2.24) is 0 Å². The molecule has 1 saturated carbocycles. The molecule has 0 amide bonds. The van der Waals surface area contributed by atoms with E-state index in [0.717, 1.165) is 56.1 Å². The lowest BCUT2D eigenvalue weighted by atomic mass is 9.77. The lowest BCUT2D eigenvalue weighted by Gasteiger charge is -2.29. The highest BCUT2D eigenvalue weighted by molar-refractivity contribution is 5.67. The van der Waals surface area contributed by atoms with E-state index in [9.17, 15) is 13.2 Å². The molecular formula is C29H35F3O2. The van der Waals surface area contributed by atoms with Gasteiger partial charge in [-0.1, -0.05) is 24.3 Å². The van der Waals surface area contributed by atoms with Crippen molar-refractivity contribution in [3.63, 3.8) is 0 Å². The van der Waals surface area contributed by atoms with Gasteiger partial charge in [0.2, 0.25) is 0 Å². The molecule has 0 spiro atoms. The molecule has 0 N–H and O–H groups in total. The molecule has 4 rings (SSSR count). The van der Waals surface area contributed by atoms with Crippen LogP contribution in [0.1, 0.15) is 80.9 Å². The van der Waals surface area contributed by atoms with Crippen LogP contribution in [0.15, 0.2) is 36.4 Å². The van der Waals surface area contributed by atoms with Crippen molar-refractivity contribution in [2.45, 2.75) is 76.7 Å². The summed E-state index contributed by atoms with van der Waals surface area (Å²) in [7, 11) is 1.69. The number of hydrogen-bond acceptors (Lipinski definition) is 2. The molecule has 1 fully saturated rings. The Bertz CT molecular complexity index is 1010. The number of halogens is 3. The number of hydrogen-bond donors (Lipinski definition) is 0. The van der Waals surface area contributed by atoms with Gasteiger partial charge in [0, 0.05) is 12.7 Å².